The summed E-state index contributed by atoms with van der Waals surface area (Å²) in [7, 11) is 0. The number of hydrogen-bond acceptors (Lipinski definition) is 4. The van der Waals surface area contributed by atoms with Gasteiger partial charge in [0.25, 0.3) is 0 Å². The molecule has 0 amide bonds. The standard InChI is InChI=1S/C38H36N2O2/c1-28-18-20-40(21-19-28)37-23-34(33-17-16-31-14-8-9-15-32(31)22-33)38(42-26-30-12-6-3-7-13-30)36(35(37)24-39)27-41-25-29-10-4-2-5-11-29/h2-17,22-23,28H,18-21,25-27H2,1H3. The van der Waals surface area contributed by atoms with Gasteiger partial charge in [-0.1, -0.05) is 104 Å². The first kappa shape index (κ1) is 27.6. The number of fused-ring (bicyclic) bond motifs is 1. The highest BCUT2D eigenvalue weighted by atomic mass is 16.5. The molecule has 210 valence electrons. The summed E-state index contributed by atoms with van der Waals surface area (Å²) in [4.78, 5) is 2.38. The van der Waals surface area contributed by atoms with Crippen LogP contribution in [0.25, 0.3) is 21.9 Å². The van der Waals surface area contributed by atoms with Gasteiger partial charge in [0, 0.05) is 24.2 Å². The quantitative estimate of drug-likeness (QED) is 0.183. The second-order valence-electron chi connectivity index (χ2n) is 11.2. The minimum absolute atomic E-state index is 0.278. The smallest absolute Gasteiger partial charge is 0.134 e. The van der Waals surface area contributed by atoms with Crippen LogP contribution in [0.3, 0.4) is 0 Å². The van der Waals surface area contributed by atoms with Crippen molar-refractivity contribution in [3.63, 3.8) is 0 Å². The third-order valence-corrected chi connectivity index (χ3v) is 8.24. The van der Waals surface area contributed by atoms with Crippen molar-refractivity contribution in [2.24, 2.45) is 5.92 Å². The number of rotatable bonds is 9. The molecule has 6 rings (SSSR count). The zero-order chi connectivity index (χ0) is 28.7. The molecule has 0 spiro atoms. The van der Waals surface area contributed by atoms with E-state index in [0.717, 1.165) is 59.4 Å². The summed E-state index contributed by atoms with van der Waals surface area (Å²) >= 11 is 0. The Morgan fingerprint density at radius 1 is 0.738 bits per heavy atom. The van der Waals surface area contributed by atoms with Crippen molar-refractivity contribution >= 4 is 16.5 Å². The Balaban J connectivity index is 1.48. The van der Waals surface area contributed by atoms with Gasteiger partial charge in [-0.3, -0.25) is 0 Å². The summed E-state index contributed by atoms with van der Waals surface area (Å²) in [5.74, 6) is 1.40. The Morgan fingerprint density at radius 3 is 2.07 bits per heavy atom. The van der Waals surface area contributed by atoms with E-state index in [1.807, 2.05) is 36.4 Å². The molecule has 0 bridgehead atoms. The highest BCUT2D eigenvalue weighted by Gasteiger charge is 2.26. The highest BCUT2D eigenvalue weighted by Crippen LogP contribution is 2.43. The first-order valence-corrected chi connectivity index (χ1v) is 14.8. The van der Waals surface area contributed by atoms with Crippen molar-refractivity contribution in [2.75, 3.05) is 18.0 Å². The molecule has 0 N–H and O–H groups in total. The third kappa shape index (κ3) is 6.17. The maximum absolute atomic E-state index is 10.6. The van der Waals surface area contributed by atoms with Crippen molar-refractivity contribution in [1.29, 1.82) is 5.26 Å². The second kappa shape index (κ2) is 12.9. The maximum Gasteiger partial charge on any atom is 0.134 e. The summed E-state index contributed by atoms with van der Waals surface area (Å²) in [6, 6.07) is 40.1. The molecule has 5 aromatic carbocycles. The Morgan fingerprint density at radius 2 is 1.38 bits per heavy atom. The van der Waals surface area contributed by atoms with Gasteiger partial charge >= 0.3 is 0 Å². The Hall–Kier alpha value is -4.59. The van der Waals surface area contributed by atoms with E-state index in [4.69, 9.17) is 9.47 Å². The van der Waals surface area contributed by atoms with Gasteiger partial charge in [0.05, 0.1) is 24.5 Å². The largest absolute Gasteiger partial charge is 0.488 e. The lowest BCUT2D eigenvalue weighted by Gasteiger charge is -2.34. The number of nitrogens with zero attached hydrogens (tertiary/aromatic N) is 2. The third-order valence-electron chi connectivity index (χ3n) is 8.24. The maximum atomic E-state index is 10.6. The molecule has 0 unspecified atom stereocenters. The number of anilines is 1. The summed E-state index contributed by atoms with van der Waals surface area (Å²) in [5.41, 5.74) is 6.65. The van der Waals surface area contributed by atoms with E-state index in [1.54, 1.807) is 0 Å². The van der Waals surface area contributed by atoms with Crippen LogP contribution in [0.15, 0.2) is 109 Å². The van der Waals surface area contributed by atoms with Crippen LogP contribution in [0.4, 0.5) is 5.69 Å². The number of nitriles is 1. The van der Waals surface area contributed by atoms with Crippen molar-refractivity contribution in [2.45, 2.75) is 39.6 Å². The Labute approximate surface area is 248 Å². The molecule has 5 aromatic rings. The van der Waals surface area contributed by atoms with Gasteiger partial charge in [-0.25, -0.2) is 0 Å². The fourth-order valence-corrected chi connectivity index (χ4v) is 5.78. The van der Waals surface area contributed by atoms with Crippen molar-refractivity contribution < 1.29 is 9.47 Å². The molecule has 4 nitrogen and oxygen atoms in total. The summed E-state index contributed by atoms with van der Waals surface area (Å²) in [6.45, 7) is 5.31. The van der Waals surface area contributed by atoms with Gasteiger partial charge in [-0.15, -0.1) is 0 Å². The van der Waals surface area contributed by atoms with Gasteiger partial charge < -0.3 is 14.4 Å². The van der Waals surface area contributed by atoms with Crippen LogP contribution in [0.1, 0.15) is 42.0 Å². The first-order chi connectivity index (χ1) is 20.7. The fraction of sp³-hybridized carbons (Fsp3) is 0.237. The normalized spacial score (nSPS) is 13.7. The predicted octanol–water partition coefficient (Wildman–Crippen LogP) is 8.91. The summed E-state index contributed by atoms with van der Waals surface area (Å²) in [6.07, 6.45) is 2.23. The lowest BCUT2D eigenvalue weighted by Crippen LogP contribution is -2.33. The zero-order valence-electron chi connectivity index (χ0n) is 24.1. The molecule has 0 atom stereocenters. The number of hydrogen-bond donors (Lipinski definition) is 0. The van der Waals surface area contributed by atoms with Crippen molar-refractivity contribution in [3.8, 4) is 22.9 Å². The van der Waals surface area contributed by atoms with E-state index in [0.29, 0.717) is 30.4 Å². The monoisotopic (exact) mass is 552 g/mol. The van der Waals surface area contributed by atoms with E-state index in [9.17, 15) is 5.26 Å². The average Bonchev–Trinajstić information content (AvgIpc) is 3.04. The van der Waals surface area contributed by atoms with Crippen LogP contribution in [0.5, 0.6) is 5.75 Å². The zero-order valence-corrected chi connectivity index (χ0v) is 24.1. The molecule has 0 radical (unpaired) electrons. The van der Waals surface area contributed by atoms with Crippen LogP contribution in [-0.2, 0) is 24.6 Å². The lowest BCUT2D eigenvalue weighted by atomic mass is 9.92. The second-order valence-corrected chi connectivity index (χ2v) is 11.2. The summed E-state index contributed by atoms with van der Waals surface area (Å²) in [5, 5.41) is 13.0. The molecule has 0 saturated carbocycles. The molecule has 1 fully saturated rings. The Kier molecular flexibility index (Phi) is 8.49. The molecular formula is C38H36N2O2. The van der Waals surface area contributed by atoms with E-state index >= 15 is 0 Å². The number of ether oxygens (including phenoxy) is 2. The molecule has 1 saturated heterocycles. The van der Waals surface area contributed by atoms with Crippen LogP contribution in [0, 0.1) is 17.2 Å². The topological polar surface area (TPSA) is 45.5 Å². The van der Waals surface area contributed by atoms with Crippen molar-refractivity contribution in [1.82, 2.24) is 0 Å². The van der Waals surface area contributed by atoms with Crippen LogP contribution in [-0.4, -0.2) is 13.1 Å². The van der Waals surface area contributed by atoms with Gasteiger partial charge in [0.2, 0.25) is 0 Å². The van der Waals surface area contributed by atoms with Gasteiger partial charge in [-0.05, 0) is 58.4 Å². The van der Waals surface area contributed by atoms with Crippen molar-refractivity contribution in [3.05, 3.63) is 131 Å². The lowest BCUT2D eigenvalue weighted by molar-refractivity contribution is 0.104. The number of piperidine rings is 1. The fourth-order valence-electron chi connectivity index (χ4n) is 5.78. The minimum Gasteiger partial charge on any atom is -0.488 e. The molecule has 0 aromatic heterocycles. The predicted molar refractivity (Wildman–Crippen MR) is 170 cm³/mol. The SMILES string of the molecule is CC1CCN(c2cc(-c3ccc4ccccc4c3)c(OCc3ccccc3)c(COCc3ccccc3)c2C#N)CC1. The van der Waals surface area contributed by atoms with Gasteiger partial charge in [0.1, 0.15) is 18.4 Å². The first-order valence-electron chi connectivity index (χ1n) is 14.8. The van der Waals surface area contributed by atoms with E-state index < -0.39 is 0 Å². The van der Waals surface area contributed by atoms with Crippen LogP contribution < -0.4 is 9.64 Å². The molecule has 1 heterocycles. The minimum atomic E-state index is 0.278. The summed E-state index contributed by atoms with van der Waals surface area (Å²) < 4.78 is 13.0. The number of benzene rings is 5. The van der Waals surface area contributed by atoms with Gasteiger partial charge in [0.15, 0.2) is 0 Å². The average molecular weight is 553 g/mol. The molecule has 42 heavy (non-hydrogen) atoms. The highest BCUT2D eigenvalue weighted by molar-refractivity contribution is 5.90. The Bertz CT molecular complexity index is 1680. The van der Waals surface area contributed by atoms with Crippen LogP contribution >= 0.6 is 0 Å². The van der Waals surface area contributed by atoms with Crippen LogP contribution in [0.2, 0.25) is 0 Å². The molecule has 1 aliphatic rings. The van der Waals surface area contributed by atoms with E-state index in [2.05, 4.69) is 90.7 Å². The molecule has 4 heteroatoms. The van der Waals surface area contributed by atoms with E-state index in [1.165, 1.54) is 10.8 Å². The van der Waals surface area contributed by atoms with E-state index in [-0.39, 0.29) is 6.61 Å². The van der Waals surface area contributed by atoms with Gasteiger partial charge in [-0.2, -0.15) is 5.26 Å². The molecular weight excluding hydrogens is 516 g/mol. The molecule has 0 aliphatic carbocycles. The molecule has 1 aliphatic heterocycles.